The van der Waals surface area contributed by atoms with E-state index in [1.807, 2.05) is 6.26 Å². The van der Waals surface area contributed by atoms with Crippen molar-refractivity contribution in [2.75, 3.05) is 17.8 Å². The zero-order chi connectivity index (χ0) is 29.2. The number of alkyl halides is 3. The number of thioether (sulfide) groups is 3. The maximum Gasteiger partial charge on any atom is 0.491 e. The number of aromatic amines is 1. The first-order chi connectivity index (χ1) is 18.9. The van der Waals surface area contributed by atoms with Gasteiger partial charge in [-0.05, 0) is 29.5 Å². The average Bonchev–Trinajstić information content (AvgIpc) is 3.43. The molecular formula is C22H21F3N6O6S3. The Balaban J connectivity index is 1.52. The van der Waals surface area contributed by atoms with E-state index in [0.29, 0.717) is 21.9 Å². The highest BCUT2D eigenvalue weighted by molar-refractivity contribution is 8.01. The van der Waals surface area contributed by atoms with Gasteiger partial charge in [-0.25, -0.2) is 9.59 Å². The summed E-state index contributed by atoms with van der Waals surface area (Å²) in [6.07, 6.45) is -2.20. The third kappa shape index (κ3) is 6.24. The van der Waals surface area contributed by atoms with Gasteiger partial charge >= 0.3 is 18.1 Å². The molecule has 1 fully saturated rings. The third-order valence-electron chi connectivity index (χ3n) is 5.79. The molecule has 214 valence electrons. The highest BCUT2D eigenvalue weighted by atomic mass is 32.2. The molecule has 12 nitrogen and oxygen atoms in total. The fourth-order valence-corrected chi connectivity index (χ4v) is 6.67. The second-order valence-corrected chi connectivity index (χ2v) is 11.4. The molecule has 2 aliphatic heterocycles. The number of H-pyrrole nitrogens is 1. The third-order valence-corrected chi connectivity index (χ3v) is 8.73. The number of halogens is 3. The Bertz CT molecular complexity index is 1360. The molecule has 1 aromatic carbocycles. The molecule has 4 rings (SSSR count). The summed E-state index contributed by atoms with van der Waals surface area (Å²) < 4.78 is 42.3. The first kappa shape index (κ1) is 29.8. The number of β-lactam (4-membered cyclic amide) rings is 1. The number of ether oxygens (including phenoxy) is 1. The van der Waals surface area contributed by atoms with Gasteiger partial charge in [0.2, 0.25) is 5.91 Å². The number of phenolic OH excluding ortho intramolecular Hbond substituents is 1. The van der Waals surface area contributed by atoms with Crippen LogP contribution >= 0.6 is 35.3 Å². The van der Waals surface area contributed by atoms with Crippen molar-refractivity contribution in [2.45, 2.75) is 34.4 Å². The number of aromatic hydroxyl groups is 1. The maximum absolute atomic E-state index is 13.1. The Morgan fingerprint density at radius 3 is 2.75 bits per heavy atom. The normalized spacial score (nSPS) is 19.5. The van der Waals surface area contributed by atoms with Gasteiger partial charge in [0.25, 0.3) is 5.91 Å². The Morgan fingerprint density at radius 1 is 1.35 bits per heavy atom. The number of nitrogens with two attached hydrogens (primary N) is 1. The second-order valence-electron chi connectivity index (χ2n) is 8.43. The molecule has 0 radical (unpaired) electrons. The number of nitrogens with zero attached hydrogens (tertiary/aromatic N) is 3. The van der Waals surface area contributed by atoms with E-state index in [2.05, 4.69) is 25.5 Å². The zero-order valence-corrected chi connectivity index (χ0v) is 22.9. The number of carbonyl (C=O) groups is 4. The molecule has 2 aromatic rings. The molecule has 2 amide bonds. The van der Waals surface area contributed by atoms with Crippen LogP contribution in [0.25, 0.3) is 0 Å². The predicted octanol–water partition coefficient (Wildman–Crippen LogP) is 1.45. The van der Waals surface area contributed by atoms with Gasteiger partial charge < -0.3 is 20.9 Å². The van der Waals surface area contributed by atoms with Crippen LogP contribution in [0.2, 0.25) is 0 Å². The maximum atomic E-state index is 13.1. The lowest BCUT2D eigenvalue weighted by Gasteiger charge is -2.49. The van der Waals surface area contributed by atoms with E-state index < -0.39 is 53.1 Å². The lowest BCUT2D eigenvalue weighted by Crippen LogP contribution is -2.71. The average molecular weight is 619 g/mol. The van der Waals surface area contributed by atoms with Crippen molar-refractivity contribution >= 4 is 59.0 Å². The van der Waals surface area contributed by atoms with E-state index in [1.54, 1.807) is 6.07 Å². The largest absolute Gasteiger partial charge is 0.508 e. The number of carbonyl (C=O) groups excluding carboxylic acids is 4. The summed E-state index contributed by atoms with van der Waals surface area (Å²) in [7, 11) is 0. The molecule has 3 atom stereocenters. The van der Waals surface area contributed by atoms with E-state index in [4.69, 9.17) is 5.73 Å². The van der Waals surface area contributed by atoms with Gasteiger partial charge in [-0.1, -0.05) is 11.3 Å². The molecule has 0 bridgehead atoms. The molecular weight excluding hydrogens is 597 g/mol. The molecule has 0 saturated carbocycles. The number of benzene rings is 1. The molecule has 1 saturated heterocycles. The number of amides is 2. The minimum atomic E-state index is -5.43. The van der Waals surface area contributed by atoms with E-state index >= 15 is 0 Å². The zero-order valence-electron chi connectivity index (χ0n) is 20.4. The van der Waals surface area contributed by atoms with Crippen molar-refractivity contribution in [3.05, 3.63) is 46.8 Å². The molecule has 3 unspecified atom stereocenters. The summed E-state index contributed by atoms with van der Waals surface area (Å²) in [5.74, 6) is -5.21. The van der Waals surface area contributed by atoms with Crippen molar-refractivity contribution in [1.29, 1.82) is 0 Å². The topological polar surface area (TPSA) is 181 Å². The van der Waals surface area contributed by atoms with E-state index in [1.165, 1.54) is 30.1 Å². The lowest BCUT2D eigenvalue weighted by atomic mass is 10.0. The van der Waals surface area contributed by atoms with Crippen molar-refractivity contribution in [1.82, 2.24) is 25.6 Å². The molecule has 1 aromatic heterocycles. The van der Waals surface area contributed by atoms with Gasteiger partial charge in [-0.3, -0.25) is 19.6 Å². The number of hydrogen-bond acceptors (Lipinski definition) is 12. The lowest BCUT2D eigenvalue weighted by molar-refractivity contribution is -0.201. The van der Waals surface area contributed by atoms with Gasteiger partial charge in [-0.2, -0.15) is 24.9 Å². The van der Waals surface area contributed by atoms with Crippen LogP contribution in [0.15, 0.2) is 40.7 Å². The van der Waals surface area contributed by atoms with Crippen molar-refractivity contribution in [3.63, 3.8) is 0 Å². The number of esters is 2. The monoisotopic (exact) mass is 618 g/mol. The number of hydrogen-bond donors (Lipinski definition) is 4. The fourth-order valence-electron chi connectivity index (χ4n) is 3.86. The number of fused-ring (bicyclic) bond motifs is 1. The Hall–Kier alpha value is -3.22. The SMILES string of the molecule is CSCc1cc(C(N)C(=O)NC2C(=O)N3C(C(=O)OC(=O)C(F)(F)F)=C(CSc4cnn[nH]4)CSC23)ccc1O. The number of rotatable bonds is 9. The van der Waals surface area contributed by atoms with Crippen LogP contribution in [-0.4, -0.2) is 84.5 Å². The second kappa shape index (κ2) is 12.1. The summed E-state index contributed by atoms with van der Waals surface area (Å²) in [4.78, 5) is 51.0. The van der Waals surface area contributed by atoms with Crippen LogP contribution in [0, 0.1) is 0 Å². The van der Waals surface area contributed by atoms with Gasteiger partial charge in [0.15, 0.2) is 0 Å². The molecule has 0 aliphatic carbocycles. The molecule has 0 spiro atoms. The first-order valence-electron chi connectivity index (χ1n) is 11.3. The van der Waals surface area contributed by atoms with Crippen molar-refractivity contribution < 1.29 is 42.2 Å². The minimum Gasteiger partial charge on any atom is -0.508 e. The van der Waals surface area contributed by atoms with Crippen LogP contribution in [0.1, 0.15) is 17.2 Å². The van der Waals surface area contributed by atoms with Gasteiger partial charge in [0.05, 0.1) is 6.20 Å². The predicted molar refractivity (Wildman–Crippen MR) is 139 cm³/mol. The van der Waals surface area contributed by atoms with Gasteiger partial charge in [0.1, 0.15) is 33.9 Å². The van der Waals surface area contributed by atoms with Gasteiger partial charge in [0, 0.05) is 22.8 Å². The highest BCUT2D eigenvalue weighted by Crippen LogP contribution is 2.42. The Kier molecular flexibility index (Phi) is 9.01. The molecule has 5 N–H and O–H groups in total. The fraction of sp³-hybridized carbons (Fsp3) is 0.364. The van der Waals surface area contributed by atoms with Crippen LogP contribution in [-0.2, 0) is 29.7 Å². The van der Waals surface area contributed by atoms with Crippen molar-refractivity contribution in [3.8, 4) is 5.75 Å². The van der Waals surface area contributed by atoms with Crippen LogP contribution < -0.4 is 11.1 Å². The smallest absolute Gasteiger partial charge is 0.491 e. The van der Waals surface area contributed by atoms with Crippen LogP contribution in [0.3, 0.4) is 0 Å². The van der Waals surface area contributed by atoms with Gasteiger partial charge in [-0.15, -0.1) is 28.6 Å². The van der Waals surface area contributed by atoms with Crippen LogP contribution in [0.4, 0.5) is 13.2 Å². The summed E-state index contributed by atoms with van der Waals surface area (Å²) in [6, 6.07) is 2.12. The van der Waals surface area contributed by atoms with E-state index in [-0.39, 0.29) is 22.8 Å². The number of phenols is 1. The molecule has 3 heterocycles. The Morgan fingerprint density at radius 2 is 2.10 bits per heavy atom. The van der Waals surface area contributed by atoms with Crippen molar-refractivity contribution in [2.24, 2.45) is 5.73 Å². The quantitative estimate of drug-likeness (QED) is 0.138. The minimum absolute atomic E-state index is 0.0408. The molecule has 2 aliphatic rings. The summed E-state index contributed by atoms with van der Waals surface area (Å²) >= 11 is 3.73. The first-order valence-corrected chi connectivity index (χ1v) is 14.7. The Labute approximate surface area is 237 Å². The van der Waals surface area contributed by atoms with E-state index in [0.717, 1.165) is 28.4 Å². The summed E-state index contributed by atoms with van der Waals surface area (Å²) in [5.41, 5.74) is 6.80. The van der Waals surface area contributed by atoms with Crippen LogP contribution in [0.5, 0.6) is 5.75 Å². The molecule has 40 heavy (non-hydrogen) atoms. The summed E-state index contributed by atoms with van der Waals surface area (Å²) in [5, 5.41) is 21.9. The highest BCUT2D eigenvalue weighted by Gasteiger charge is 2.55. The number of aromatic nitrogens is 3. The molecule has 18 heteroatoms. The number of nitrogens with one attached hydrogen (secondary N) is 2. The summed E-state index contributed by atoms with van der Waals surface area (Å²) in [6.45, 7) is 0. The van der Waals surface area contributed by atoms with E-state index in [9.17, 15) is 37.5 Å². The standard InChI is InChI=1S/C22H21F3N6O6S3/c1-38-6-10-4-9(2-3-12(10)32)14(26)17(33)28-15-18(34)31-16(20(35)37-21(36)22(23,24)25)11(8-40-19(15)31)7-39-13-5-27-30-29-13/h2-5,14-15,19,32H,6-8,26H2,1H3,(H,28,33)(H,27,29,30).